The third-order valence-electron chi connectivity index (χ3n) is 5.52. The Morgan fingerprint density at radius 2 is 2.00 bits per heavy atom. The van der Waals surface area contributed by atoms with Crippen molar-refractivity contribution in [1.82, 2.24) is 24.0 Å². The molecule has 0 spiro atoms. The van der Waals surface area contributed by atoms with E-state index in [9.17, 15) is 14.4 Å². The van der Waals surface area contributed by atoms with Gasteiger partial charge < -0.3 is 9.47 Å². The Balaban J connectivity index is 1.91. The van der Waals surface area contributed by atoms with Gasteiger partial charge in [-0.15, -0.1) is 11.3 Å². The van der Waals surface area contributed by atoms with Crippen LogP contribution >= 0.6 is 22.9 Å². The average Bonchev–Trinajstić information content (AvgIpc) is 3.33. The standard InChI is InChI=1S/C23H32ClN5O3S/c1-5-7-12-28-21-20(22(31)26-23(28)32)29(13-15(3)4)18(25-21)10-11-19(30)27(6-2)14-16-8-9-17(24)33-16/h8-9,15H,5-7,10-14H2,1-4H3,(H,26,31,32). The summed E-state index contributed by atoms with van der Waals surface area (Å²) in [5.74, 6) is 0.939. The smallest absolute Gasteiger partial charge is 0.330 e. The van der Waals surface area contributed by atoms with Crippen LogP contribution in [0.2, 0.25) is 4.34 Å². The molecule has 3 heterocycles. The Hall–Kier alpha value is -2.39. The summed E-state index contributed by atoms with van der Waals surface area (Å²) < 4.78 is 4.13. The van der Waals surface area contributed by atoms with Gasteiger partial charge in [-0.1, -0.05) is 38.8 Å². The first-order valence-electron chi connectivity index (χ1n) is 11.5. The molecule has 3 aromatic heterocycles. The molecule has 0 radical (unpaired) electrons. The monoisotopic (exact) mass is 493 g/mol. The van der Waals surface area contributed by atoms with E-state index in [1.54, 1.807) is 9.47 Å². The van der Waals surface area contributed by atoms with Gasteiger partial charge in [0.15, 0.2) is 11.2 Å². The van der Waals surface area contributed by atoms with Crippen LogP contribution in [-0.4, -0.2) is 36.5 Å². The minimum Gasteiger partial charge on any atom is -0.338 e. The molecule has 1 N–H and O–H groups in total. The minimum absolute atomic E-state index is 0.0162. The number of aromatic nitrogens is 4. The zero-order chi connectivity index (χ0) is 24.1. The van der Waals surface area contributed by atoms with Crippen molar-refractivity contribution in [2.75, 3.05) is 6.54 Å². The predicted octanol–water partition coefficient (Wildman–Crippen LogP) is 4.04. The van der Waals surface area contributed by atoms with Gasteiger partial charge in [0.05, 0.1) is 10.9 Å². The molecule has 0 unspecified atom stereocenters. The van der Waals surface area contributed by atoms with E-state index < -0.39 is 11.2 Å². The van der Waals surface area contributed by atoms with Crippen LogP contribution in [-0.2, 0) is 30.8 Å². The number of carbonyl (C=O) groups is 1. The van der Waals surface area contributed by atoms with Gasteiger partial charge in [-0.25, -0.2) is 9.78 Å². The lowest BCUT2D eigenvalue weighted by atomic mass is 10.2. The number of carbonyl (C=O) groups excluding carboxylic acids is 1. The summed E-state index contributed by atoms with van der Waals surface area (Å²) in [7, 11) is 0. The highest BCUT2D eigenvalue weighted by molar-refractivity contribution is 7.16. The number of aryl methyl sites for hydroxylation is 2. The summed E-state index contributed by atoms with van der Waals surface area (Å²) in [6, 6.07) is 3.77. The molecule has 0 saturated heterocycles. The first-order chi connectivity index (χ1) is 15.7. The van der Waals surface area contributed by atoms with E-state index in [2.05, 4.69) is 18.8 Å². The van der Waals surface area contributed by atoms with Gasteiger partial charge in [0.2, 0.25) is 5.91 Å². The second-order valence-corrected chi connectivity index (χ2v) is 10.4. The van der Waals surface area contributed by atoms with E-state index in [1.807, 2.05) is 30.5 Å². The summed E-state index contributed by atoms with van der Waals surface area (Å²) in [5.41, 5.74) is -0.0638. The van der Waals surface area contributed by atoms with Crippen molar-refractivity contribution in [3.63, 3.8) is 0 Å². The summed E-state index contributed by atoms with van der Waals surface area (Å²) in [4.78, 5) is 48.1. The van der Waals surface area contributed by atoms with Crippen LogP contribution in [0.3, 0.4) is 0 Å². The van der Waals surface area contributed by atoms with Crippen LogP contribution in [0, 0.1) is 5.92 Å². The average molecular weight is 494 g/mol. The van der Waals surface area contributed by atoms with Crippen LogP contribution in [0.25, 0.3) is 11.2 Å². The van der Waals surface area contributed by atoms with E-state index >= 15 is 0 Å². The molecule has 3 aromatic rings. The molecule has 0 saturated carbocycles. The normalized spacial score (nSPS) is 11.6. The summed E-state index contributed by atoms with van der Waals surface area (Å²) >= 11 is 7.50. The van der Waals surface area contributed by atoms with Crippen LogP contribution < -0.4 is 11.2 Å². The Bertz CT molecular complexity index is 1220. The molecular weight excluding hydrogens is 462 g/mol. The zero-order valence-corrected chi connectivity index (χ0v) is 21.3. The maximum absolute atomic E-state index is 13.0. The fraction of sp³-hybridized carbons (Fsp3) is 0.565. The molecule has 0 atom stereocenters. The van der Waals surface area contributed by atoms with Crippen molar-refractivity contribution in [3.05, 3.63) is 48.0 Å². The Kier molecular flexibility index (Phi) is 8.53. The third kappa shape index (κ3) is 5.95. The van der Waals surface area contributed by atoms with E-state index in [0.717, 1.165) is 17.7 Å². The number of fused-ring (bicyclic) bond motifs is 1. The van der Waals surface area contributed by atoms with Crippen molar-refractivity contribution in [3.8, 4) is 0 Å². The Morgan fingerprint density at radius 1 is 1.24 bits per heavy atom. The lowest BCUT2D eigenvalue weighted by Crippen LogP contribution is -2.31. The highest BCUT2D eigenvalue weighted by Gasteiger charge is 2.21. The number of thiophene rings is 1. The molecule has 180 valence electrons. The number of hydrogen-bond acceptors (Lipinski definition) is 5. The number of unbranched alkanes of at least 4 members (excludes halogenated alkanes) is 1. The summed E-state index contributed by atoms with van der Waals surface area (Å²) in [6.45, 7) is 10.3. The van der Waals surface area contributed by atoms with Gasteiger partial charge >= 0.3 is 5.69 Å². The zero-order valence-electron chi connectivity index (χ0n) is 19.7. The molecule has 3 rings (SSSR count). The molecule has 0 bridgehead atoms. The Labute approximate surface area is 202 Å². The molecule has 33 heavy (non-hydrogen) atoms. The molecule has 0 aromatic carbocycles. The van der Waals surface area contributed by atoms with Crippen molar-refractivity contribution < 1.29 is 4.79 Å². The molecule has 10 heteroatoms. The maximum atomic E-state index is 13.0. The number of nitrogens with zero attached hydrogens (tertiary/aromatic N) is 4. The molecule has 0 aliphatic heterocycles. The Morgan fingerprint density at radius 3 is 2.61 bits per heavy atom. The quantitative estimate of drug-likeness (QED) is 0.436. The van der Waals surface area contributed by atoms with Crippen molar-refractivity contribution in [2.24, 2.45) is 5.92 Å². The van der Waals surface area contributed by atoms with Gasteiger partial charge in [-0.2, -0.15) is 0 Å². The number of hydrogen-bond donors (Lipinski definition) is 1. The molecule has 0 aliphatic carbocycles. The van der Waals surface area contributed by atoms with Crippen LogP contribution in [0.4, 0.5) is 0 Å². The van der Waals surface area contributed by atoms with Crippen molar-refractivity contribution in [2.45, 2.75) is 73.0 Å². The lowest BCUT2D eigenvalue weighted by molar-refractivity contribution is -0.131. The number of H-pyrrole nitrogens is 1. The first-order valence-corrected chi connectivity index (χ1v) is 12.7. The largest absolute Gasteiger partial charge is 0.338 e. The van der Waals surface area contributed by atoms with Gasteiger partial charge in [0.25, 0.3) is 5.56 Å². The number of aromatic amines is 1. The fourth-order valence-electron chi connectivity index (χ4n) is 3.87. The fourth-order valence-corrected chi connectivity index (χ4v) is 4.98. The number of amides is 1. The second kappa shape index (κ2) is 11.2. The topological polar surface area (TPSA) is 93.0 Å². The molecular formula is C23H32ClN5O3S. The van der Waals surface area contributed by atoms with Crippen LogP contribution in [0.15, 0.2) is 21.7 Å². The van der Waals surface area contributed by atoms with Gasteiger partial charge in [0.1, 0.15) is 5.82 Å². The van der Waals surface area contributed by atoms with Gasteiger partial charge in [-0.3, -0.25) is 19.1 Å². The summed E-state index contributed by atoms with van der Waals surface area (Å²) in [5, 5.41) is 0. The van der Waals surface area contributed by atoms with Crippen LogP contribution in [0.1, 0.15) is 57.7 Å². The summed E-state index contributed by atoms with van der Waals surface area (Å²) in [6.07, 6.45) is 2.39. The molecule has 0 fully saturated rings. The van der Waals surface area contributed by atoms with Gasteiger partial charge in [0, 0.05) is 37.4 Å². The number of imidazole rings is 1. The number of nitrogens with one attached hydrogen (secondary N) is 1. The van der Waals surface area contributed by atoms with E-state index in [-0.39, 0.29) is 18.2 Å². The van der Waals surface area contributed by atoms with Gasteiger partial charge in [-0.05, 0) is 31.4 Å². The van der Waals surface area contributed by atoms with Crippen molar-refractivity contribution >= 4 is 40.0 Å². The molecule has 8 nitrogen and oxygen atoms in total. The highest BCUT2D eigenvalue weighted by Crippen LogP contribution is 2.23. The maximum Gasteiger partial charge on any atom is 0.330 e. The first kappa shape index (κ1) is 25.2. The van der Waals surface area contributed by atoms with E-state index in [0.29, 0.717) is 53.9 Å². The minimum atomic E-state index is -0.440. The number of halogens is 1. The second-order valence-electron chi connectivity index (χ2n) is 8.58. The van der Waals surface area contributed by atoms with Crippen molar-refractivity contribution in [1.29, 1.82) is 0 Å². The lowest BCUT2D eigenvalue weighted by Gasteiger charge is -2.20. The molecule has 1 amide bonds. The van der Waals surface area contributed by atoms with E-state index in [4.69, 9.17) is 16.6 Å². The van der Waals surface area contributed by atoms with Crippen LogP contribution in [0.5, 0.6) is 0 Å². The SMILES string of the molecule is CCCCn1c(=O)[nH]c(=O)c2c1nc(CCC(=O)N(CC)Cc1ccc(Cl)s1)n2CC(C)C. The van der Waals surface area contributed by atoms with E-state index in [1.165, 1.54) is 11.3 Å². The number of rotatable bonds is 11. The molecule has 0 aliphatic rings. The predicted molar refractivity (Wildman–Crippen MR) is 133 cm³/mol. The highest BCUT2D eigenvalue weighted by atomic mass is 35.5. The third-order valence-corrected chi connectivity index (χ3v) is 6.74.